The molecule has 1 heterocycles. The highest BCUT2D eigenvalue weighted by Crippen LogP contribution is 2.37. The van der Waals surface area contributed by atoms with Gasteiger partial charge in [-0.3, -0.25) is 15.0 Å². The van der Waals surface area contributed by atoms with Crippen LogP contribution in [0.4, 0.5) is 5.69 Å². The number of nitrogens with one attached hydrogen (secondary N) is 1. The maximum atomic E-state index is 12.7. The Morgan fingerprint density at radius 2 is 2.07 bits per heavy atom. The van der Waals surface area contributed by atoms with Crippen LogP contribution in [0.2, 0.25) is 5.02 Å². The van der Waals surface area contributed by atoms with Gasteiger partial charge in [0.1, 0.15) is 12.2 Å². The lowest BCUT2D eigenvalue weighted by Crippen LogP contribution is -2.35. The second-order valence-electron chi connectivity index (χ2n) is 5.75. The van der Waals surface area contributed by atoms with Crippen LogP contribution in [0.3, 0.4) is 0 Å². The van der Waals surface area contributed by atoms with Crippen LogP contribution in [0.5, 0.6) is 11.5 Å². The number of methoxy groups -OCH3 is 1. The topological polar surface area (TPSA) is 67.9 Å². The number of amides is 2. The van der Waals surface area contributed by atoms with Crippen LogP contribution in [0, 0.1) is 0 Å². The van der Waals surface area contributed by atoms with Gasteiger partial charge in [0.15, 0.2) is 11.5 Å². The number of rotatable bonds is 6. The van der Waals surface area contributed by atoms with Gasteiger partial charge in [-0.1, -0.05) is 46.3 Å². The predicted octanol–water partition coefficient (Wildman–Crippen LogP) is 4.14. The summed E-state index contributed by atoms with van der Waals surface area (Å²) in [4.78, 5) is 25.1. The molecule has 0 bridgehead atoms. The normalized spacial score (nSPS) is 15.0. The van der Waals surface area contributed by atoms with Gasteiger partial charge >= 0.3 is 0 Å². The van der Waals surface area contributed by atoms with E-state index < -0.39 is 11.8 Å². The molecule has 1 aliphatic heterocycles. The van der Waals surface area contributed by atoms with Gasteiger partial charge in [0.25, 0.3) is 11.8 Å². The molecule has 0 atom stereocenters. The Kier molecular flexibility index (Phi) is 6.06. The molecule has 0 spiro atoms. The molecule has 0 saturated carbocycles. The third kappa shape index (κ3) is 4.05. The molecule has 1 aliphatic rings. The van der Waals surface area contributed by atoms with Crippen molar-refractivity contribution in [2.45, 2.75) is 0 Å². The first-order valence-electron chi connectivity index (χ1n) is 8.18. The molecule has 1 fully saturated rings. The van der Waals surface area contributed by atoms with Gasteiger partial charge in [-0.25, -0.2) is 5.01 Å². The standard InChI is InChI=1S/C20H16BrClN2O4/c1-3-7-28-18-16(22)9-12(10-17(18)27-2)8-15-19(25)23-24(20(15)26)14-6-4-5-13(21)11-14/h3-6,8-11H,1,7H2,2H3,(H,23,25)/b15-8+. The zero-order valence-electron chi connectivity index (χ0n) is 14.9. The lowest BCUT2D eigenvalue weighted by Gasteiger charge is -2.14. The molecule has 2 aromatic carbocycles. The average Bonchev–Trinajstić information content (AvgIpc) is 2.95. The van der Waals surface area contributed by atoms with Crippen molar-refractivity contribution in [3.05, 3.63) is 69.7 Å². The summed E-state index contributed by atoms with van der Waals surface area (Å²) in [5, 5.41) is 1.49. The van der Waals surface area contributed by atoms with E-state index >= 15 is 0 Å². The second kappa shape index (κ2) is 8.50. The zero-order chi connectivity index (χ0) is 20.3. The van der Waals surface area contributed by atoms with E-state index in [9.17, 15) is 9.59 Å². The summed E-state index contributed by atoms with van der Waals surface area (Å²) in [6, 6.07) is 10.3. The summed E-state index contributed by atoms with van der Waals surface area (Å²) in [7, 11) is 1.48. The van der Waals surface area contributed by atoms with Gasteiger partial charge in [0.05, 0.1) is 17.8 Å². The van der Waals surface area contributed by atoms with Gasteiger partial charge in [0.2, 0.25) is 0 Å². The molecule has 1 saturated heterocycles. The number of halogens is 2. The van der Waals surface area contributed by atoms with E-state index in [1.54, 1.807) is 36.4 Å². The van der Waals surface area contributed by atoms with Crippen LogP contribution in [0.15, 0.2) is 59.1 Å². The highest BCUT2D eigenvalue weighted by atomic mass is 79.9. The maximum Gasteiger partial charge on any atom is 0.282 e. The number of ether oxygens (including phenoxy) is 2. The Labute approximate surface area is 175 Å². The SMILES string of the molecule is C=CCOc1c(Cl)cc(/C=C2\C(=O)NN(c3cccc(Br)c3)C2=O)cc1OC. The Hall–Kier alpha value is -2.77. The first-order chi connectivity index (χ1) is 13.4. The number of nitrogens with zero attached hydrogens (tertiary/aromatic N) is 1. The van der Waals surface area contributed by atoms with Crippen molar-refractivity contribution in [1.82, 2.24) is 5.43 Å². The maximum absolute atomic E-state index is 12.7. The zero-order valence-corrected chi connectivity index (χ0v) is 17.2. The Balaban J connectivity index is 1.94. The van der Waals surface area contributed by atoms with Gasteiger partial charge in [0, 0.05) is 4.47 Å². The Morgan fingerprint density at radius 3 is 2.75 bits per heavy atom. The quantitative estimate of drug-likeness (QED) is 0.397. The number of hydrogen-bond acceptors (Lipinski definition) is 4. The number of carbonyl (C=O) groups is 2. The van der Waals surface area contributed by atoms with E-state index in [2.05, 4.69) is 27.9 Å². The van der Waals surface area contributed by atoms with E-state index in [0.717, 1.165) is 4.47 Å². The minimum atomic E-state index is -0.507. The van der Waals surface area contributed by atoms with Crippen molar-refractivity contribution in [1.29, 1.82) is 0 Å². The van der Waals surface area contributed by atoms with Gasteiger partial charge in [-0.15, -0.1) is 0 Å². The summed E-state index contributed by atoms with van der Waals surface area (Å²) in [6.07, 6.45) is 3.05. The molecule has 6 nitrogen and oxygen atoms in total. The fraction of sp³-hybridized carbons (Fsp3) is 0.100. The molecule has 0 radical (unpaired) electrons. The number of hydrogen-bond donors (Lipinski definition) is 1. The van der Waals surface area contributed by atoms with E-state index in [4.69, 9.17) is 21.1 Å². The van der Waals surface area contributed by atoms with E-state index in [1.807, 2.05) is 6.07 Å². The molecular formula is C20H16BrClN2O4. The molecule has 0 aliphatic carbocycles. The predicted molar refractivity (Wildman–Crippen MR) is 111 cm³/mol. The van der Waals surface area contributed by atoms with Crippen LogP contribution < -0.4 is 19.9 Å². The largest absolute Gasteiger partial charge is 0.493 e. The van der Waals surface area contributed by atoms with E-state index in [1.165, 1.54) is 18.2 Å². The summed E-state index contributed by atoms with van der Waals surface area (Å²) in [5.41, 5.74) is 3.61. The average molecular weight is 464 g/mol. The van der Waals surface area contributed by atoms with Crippen LogP contribution in [0.1, 0.15) is 5.56 Å². The lowest BCUT2D eigenvalue weighted by molar-refractivity contribution is -0.117. The van der Waals surface area contributed by atoms with Crippen molar-refractivity contribution in [3.63, 3.8) is 0 Å². The fourth-order valence-corrected chi connectivity index (χ4v) is 3.29. The molecule has 8 heteroatoms. The monoisotopic (exact) mass is 462 g/mol. The second-order valence-corrected chi connectivity index (χ2v) is 7.08. The number of benzene rings is 2. The minimum Gasteiger partial charge on any atom is -0.493 e. The van der Waals surface area contributed by atoms with Crippen molar-refractivity contribution in [2.75, 3.05) is 18.7 Å². The molecular weight excluding hydrogens is 448 g/mol. The first-order valence-corrected chi connectivity index (χ1v) is 9.35. The summed E-state index contributed by atoms with van der Waals surface area (Å²) in [6.45, 7) is 3.86. The summed E-state index contributed by atoms with van der Waals surface area (Å²) in [5.74, 6) is -0.225. The van der Waals surface area contributed by atoms with Crippen molar-refractivity contribution < 1.29 is 19.1 Å². The van der Waals surface area contributed by atoms with Crippen molar-refractivity contribution >= 4 is 51.1 Å². The molecule has 2 amide bonds. The molecule has 3 rings (SSSR count). The van der Waals surface area contributed by atoms with Gasteiger partial charge in [-0.05, 0) is 42.0 Å². The molecule has 144 valence electrons. The fourth-order valence-electron chi connectivity index (χ4n) is 2.63. The third-order valence-corrected chi connectivity index (χ3v) is 4.64. The smallest absolute Gasteiger partial charge is 0.282 e. The Bertz CT molecular complexity index is 990. The highest BCUT2D eigenvalue weighted by Gasteiger charge is 2.34. The Morgan fingerprint density at radius 1 is 1.29 bits per heavy atom. The summed E-state index contributed by atoms with van der Waals surface area (Å²) < 4.78 is 11.6. The third-order valence-electron chi connectivity index (χ3n) is 3.87. The molecule has 1 N–H and O–H groups in total. The number of hydrazine groups is 1. The van der Waals surface area contributed by atoms with Crippen molar-refractivity contribution in [3.8, 4) is 11.5 Å². The van der Waals surface area contributed by atoms with Crippen molar-refractivity contribution in [2.24, 2.45) is 0 Å². The van der Waals surface area contributed by atoms with Crippen LogP contribution in [0.25, 0.3) is 6.08 Å². The van der Waals surface area contributed by atoms with Crippen LogP contribution >= 0.6 is 27.5 Å². The molecule has 0 aromatic heterocycles. The first kappa shape index (κ1) is 20.0. The molecule has 2 aromatic rings. The molecule has 28 heavy (non-hydrogen) atoms. The highest BCUT2D eigenvalue weighted by molar-refractivity contribution is 9.10. The van der Waals surface area contributed by atoms with E-state index in [0.29, 0.717) is 27.8 Å². The van der Waals surface area contributed by atoms with Crippen LogP contribution in [-0.2, 0) is 9.59 Å². The number of anilines is 1. The van der Waals surface area contributed by atoms with Crippen LogP contribution in [-0.4, -0.2) is 25.5 Å². The minimum absolute atomic E-state index is 0.0159. The lowest BCUT2D eigenvalue weighted by atomic mass is 10.1. The summed E-state index contributed by atoms with van der Waals surface area (Å²) >= 11 is 9.63. The van der Waals surface area contributed by atoms with Gasteiger partial charge < -0.3 is 9.47 Å². The number of carbonyl (C=O) groups excluding carboxylic acids is 2. The van der Waals surface area contributed by atoms with E-state index in [-0.39, 0.29) is 12.2 Å². The molecule has 0 unspecified atom stereocenters. The van der Waals surface area contributed by atoms with Gasteiger partial charge in [-0.2, -0.15) is 0 Å².